The number of hydrogen-bond donors (Lipinski definition) is 1. The Morgan fingerprint density at radius 2 is 1.93 bits per heavy atom. The highest BCUT2D eigenvalue weighted by atomic mass is 79.9. The predicted molar refractivity (Wildman–Crippen MR) is 58.2 cm³/mol. The minimum absolute atomic E-state index is 0.527. The first-order valence-corrected chi connectivity index (χ1v) is 5.12. The Balaban J connectivity index is 2.89. The van der Waals surface area contributed by atoms with Crippen LogP contribution in [0, 0.1) is 0 Å². The first kappa shape index (κ1) is 11.3. The van der Waals surface area contributed by atoms with E-state index < -0.39 is 5.01 Å². The van der Waals surface area contributed by atoms with E-state index in [1.54, 1.807) is 14.2 Å². The molecule has 0 aliphatic carbocycles. The molecule has 1 N–H and O–H groups in total. The molecule has 0 aromatic heterocycles. The summed E-state index contributed by atoms with van der Waals surface area (Å²) < 4.78 is 10.2. The van der Waals surface area contributed by atoms with Crippen LogP contribution >= 0.6 is 15.9 Å². The second-order valence-corrected chi connectivity index (χ2v) is 3.88. The lowest BCUT2D eigenvalue weighted by Crippen LogP contribution is -2.01. The van der Waals surface area contributed by atoms with E-state index in [4.69, 9.17) is 14.6 Å². The first-order valence-electron chi connectivity index (χ1n) is 4.20. The normalized spacial score (nSPS) is 12.3. The molecule has 0 bridgehead atoms. The molecule has 3 nitrogen and oxygen atoms in total. The summed E-state index contributed by atoms with van der Waals surface area (Å²) in [6.45, 7) is 0. The van der Waals surface area contributed by atoms with Gasteiger partial charge in [0.05, 0.1) is 14.2 Å². The van der Waals surface area contributed by atoms with Gasteiger partial charge >= 0.3 is 0 Å². The summed E-state index contributed by atoms with van der Waals surface area (Å²) in [6, 6.07) is 5.57. The van der Waals surface area contributed by atoms with Gasteiger partial charge in [-0.3, -0.25) is 0 Å². The molecule has 1 unspecified atom stereocenters. The second-order valence-electron chi connectivity index (χ2n) is 2.83. The summed E-state index contributed by atoms with van der Waals surface area (Å²) in [4.78, 5) is 0. The quantitative estimate of drug-likeness (QED) is 0.842. The summed E-state index contributed by atoms with van der Waals surface area (Å²) in [7, 11) is 3.18. The standard InChI is InChI=1S/C10H13BrO3/c1-13-8-4-3-7(6-10(11)12)5-9(8)14-2/h3-5,10,12H,6H2,1-2H3. The molecule has 0 aliphatic heterocycles. The lowest BCUT2D eigenvalue weighted by atomic mass is 10.1. The zero-order valence-corrected chi connectivity index (χ0v) is 9.74. The van der Waals surface area contributed by atoms with Crippen LogP contribution in [0.3, 0.4) is 0 Å². The van der Waals surface area contributed by atoms with E-state index in [2.05, 4.69) is 15.9 Å². The Morgan fingerprint density at radius 1 is 1.29 bits per heavy atom. The smallest absolute Gasteiger partial charge is 0.160 e. The molecule has 1 atom stereocenters. The first-order chi connectivity index (χ1) is 6.67. The van der Waals surface area contributed by atoms with E-state index in [-0.39, 0.29) is 0 Å². The Morgan fingerprint density at radius 3 is 2.43 bits per heavy atom. The molecule has 0 radical (unpaired) electrons. The molecule has 1 aromatic carbocycles. The van der Waals surface area contributed by atoms with Crippen LogP contribution in [-0.4, -0.2) is 24.3 Å². The average molecular weight is 261 g/mol. The van der Waals surface area contributed by atoms with Crippen molar-refractivity contribution in [1.29, 1.82) is 0 Å². The van der Waals surface area contributed by atoms with Crippen molar-refractivity contribution in [2.45, 2.75) is 11.4 Å². The Labute approximate surface area is 91.8 Å². The van der Waals surface area contributed by atoms with Crippen LogP contribution in [0.4, 0.5) is 0 Å². The highest BCUT2D eigenvalue weighted by molar-refractivity contribution is 9.09. The summed E-state index contributed by atoms with van der Waals surface area (Å²) in [5.41, 5.74) is 0.993. The predicted octanol–water partition coefficient (Wildman–Crippen LogP) is 1.96. The molecule has 0 spiro atoms. The summed E-state index contributed by atoms with van der Waals surface area (Å²) in [5.74, 6) is 1.37. The van der Waals surface area contributed by atoms with Crippen LogP contribution in [-0.2, 0) is 6.42 Å². The van der Waals surface area contributed by atoms with Crippen molar-refractivity contribution < 1.29 is 14.6 Å². The number of aliphatic hydroxyl groups is 1. The molecular formula is C10H13BrO3. The van der Waals surface area contributed by atoms with Crippen LogP contribution in [0.5, 0.6) is 11.5 Å². The van der Waals surface area contributed by atoms with E-state index in [1.165, 1.54) is 0 Å². The number of halogens is 1. The number of alkyl halides is 1. The van der Waals surface area contributed by atoms with Gasteiger partial charge in [-0.1, -0.05) is 22.0 Å². The molecule has 1 aromatic rings. The molecular weight excluding hydrogens is 248 g/mol. The van der Waals surface area contributed by atoms with E-state index in [1.807, 2.05) is 18.2 Å². The molecule has 0 aliphatic rings. The van der Waals surface area contributed by atoms with Crippen molar-refractivity contribution in [3.05, 3.63) is 23.8 Å². The number of rotatable bonds is 4. The molecule has 1 rings (SSSR count). The maximum atomic E-state index is 9.14. The maximum absolute atomic E-state index is 9.14. The molecule has 0 amide bonds. The van der Waals surface area contributed by atoms with Gasteiger partial charge in [0, 0.05) is 6.42 Å². The minimum Gasteiger partial charge on any atom is -0.493 e. The number of aliphatic hydroxyl groups excluding tert-OH is 1. The largest absolute Gasteiger partial charge is 0.493 e. The van der Waals surface area contributed by atoms with Gasteiger partial charge in [-0.15, -0.1) is 0 Å². The van der Waals surface area contributed by atoms with Crippen molar-refractivity contribution in [2.75, 3.05) is 14.2 Å². The maximum Gasteiger partial charge on any atom is 0.160 e. The van der Waals surface area contributed by atoms with Gasteiger partial charge in [0.15, 0.2) is 11.5 Å². The number of benzene rings is 1. The lowest BCUT2D eigenvalue weighted by molar-refractivity contribution is 0.270. The lowest BCUT2D eigenvalue weighted by Gasteiger charge is -2.09. The van der Waals surface area contributed by atoms with Gasteiger partial charge < -0.3 is 14.6 Å². The van der Waals surface area contributed by atoms with Crippen molar-refractivity contribution in [3.63, 3.8) is 0 Å². The number of methoxy groups -OCH3 is 2. The molecule has 0 fully saturated rings. The minimum atomic E-state index is -0.527. The van der Waals surface area contributed by atoms with Gasteiger partial charge in [-0.2, -0.15) is 0 Å². The number of hydrogen-bond acceptors (Lipinski definition) is 3. The monoisotopic (exact) mass is 260 g/mol. The molecule has 0 saturated heterocycles. The van der Waals surface area contributed by atoms with Crippen LogP contribution in [0.1, 0.15) is 5.56 Å². The third kappa shape index (κ3) is 2.89. The molecule has 0 saturated carbocycles. The molecule has 14 heavy (non-hydrogen) atoms. The van der Waals surface area contributed by atoms with E-state index in [9.17, 15) is 0 Å². The number of ether oxygens (including phenoxy) is 2. The van der Waals surface area contributed by atoms with E-state index >= 15 is 0 Å². The topological polar surface area (TPSA) is 38.7 Å². The fourth-order valence-electron chi connectivity index (χ4n) is 1.20. The van der Waals surface area contributed by atoms with Crippen molar-refractivity contribution in [1.82, 2.24) is 0 Å². The van der Waals surface area contributed by atoms with Crippen molar-refractivity contribution in [2.24, 2.45) is 0 Å². The summed E-state index contributed by atoms with van der Waals surface area (Å²) >= 11 is 3.08. The molecule has 78 valence electrons. The van der Waals surface area contributed by atoms with E-state index in [0.717, 1.165) is 5.56 Å². The van der Waals surface area contributed by atoms with Gasteiger partial charge in [0.25, 0.3) is 0 Å². The SMILES string of the molecule is COc1ccc(CC(O)Br)cc1OC. The Bertz CT molecular complexity index is 299. The zero-order chi connectivity index (χ0) is 10.6. The van der Waals surface area contributed by atoms with Crippen LogP contribution in [0.15, 0.2) is 18.2 Å². The second kappa shape index (κ2) is 5.22. The Kier molecular flexibility index (Phi) is 4.22. The van der Waals surface area contributed by atoms with Crippen LogP contribution in [0.2, 0.25) is 0 Å². The summed E-state index contributed by atoms with van der Waals surface area (Å²) in [5, 5.41) is 8.61. The fraction of sp³-hybridized carbons (Fsp3) is 0.400. The average Bonchev–Trinajstić information content (AvgIpc) is 2.16. The highest BCUT2D eigenvalue weighted by Gasteiger charge is 2.06. The van der Waals surface area contributed by atoms with Gasteiger partial charge in [-0.05, 0) is 17.7 Å². The molecule has 0 heterocycles. The zero-order valence-electron chi connectivity index (χ0n) is 8.16. The highest BCUT2D eigenvalue weighted by Crippen LogP contribution is 2.28. The fourth-order valence-corrected chi connectivity index (χ4v) is 1.58. The van der Waals surface area contributed by atoms with Crippen LogP contribution in [0.25, 0.3) is 0 Å². The van der Waals surface area contributed by atoms with Crippen molar-refractivity contribution in [3.8, 4) is 11.5 Å². The van der Waals surface area contributed by atoms with E-state index in [0.29, 0.717) is 17.9 Å². The van der Waals surface area contributed by atoms with Gasteiger partial charge in [0.2, 0.25) is 0 Å². The Hall–Kier alpha value is -0.740. The van der Waals surface area contributed by atoms with Gasteiger partial charge in [-0.25, -0.2) is 0 Å². The molecule has 4 heteroatoms. The summed E-state index contributed by atoms with van der Waals surface area (Å²) in [6.07, 6.45) is 0.542. The van der Waals surface area contributed by atoms with Crippen LogP contribution < -0.4 is 9.47 Å². The van der Waals surface area contributed by atoms with Gasteiger partial charge in [0.1, 0.15) is 5.01 Å². The van der Waals surface area contributed by atoms with Crippen molar-refractivity contribution >= 4 is 15.9 Å². The third-order valence-electron chi connectivity index (χ3n) is 1.85. The third-order valence-corrected chi connectivity index (χ3v) is 2.18.